The van der Waals surface area contributed by atoms with Crippen molar-refractivity contribution >= 4 is 17.1 Å². The quantitative estimate of drug-likeness (QED) is 0.0958. The molecule has 3 N–H and O–H groups in total. The van der Waals surface area contributed by atoms with Crippen LogP contribution in [-0.2, 0) is 5.54 Å². The third kappa shape index (κ3) is 6.31. The first-order valence-electron chi connectivity index (χ1n) is 15.6. The number of piperazine rings is 1. The zero-order chi connectivity index (χ0) is 31.9. The molecule has 46 heavy (non-hydrogen) atoms. The molecular weight excluding hydrogens is 574 g/mol. The smallest absolute Gasteiger partial charge is 0.274 e. The normalized spacial score (nSPS) is 14.4. The van der Waals surface area contributed by atoms with E-state index >= 15 is 0 Å². The second-order valence-corrected chi connectivity index (χ2v) is 11.6. The fraction of sp³-hybridized carbons (Fsp3) is 0.211. The van der Waals surface area contributed by atoms with E-state index < -0.39 is 11.6 Å². The van der Waals surface area contributed by atoms with E-state index in [1.165, 1.54) is 6.07 Å². The Labute approximate surface area is 270 Å². The monoisotopic (exact) mass is 613 g/mol. The number of nitrogens with zero attached hydrogens (tertiary/aromatic N) is 3. The molecule has 0 spiro atoms. The Morgan fingerprint density at radius 1 is 0.783 bits per heavy atom. The molecule has 0 radical (unpaired) electrons. The van der Waals surface area contributed by atoms with Gasteiger partial charge in [0, 0.05) is 62.1 Å². The maximum absolute atomic E-state index is 11.5. The number of nitro benzene ring substituents is 1. The first-order valence-corrected chi connectivity index (χ1v) is 15.6. The van der Waals surface area contributed by atoms with Crippen LogP contribution in [0.25, 0.3) is 0 Å². The van der Waals surface area contributed by atoms with Gasteiger partial charge in [0.1, 0.15) is 11.3 Å². The van der Waals surface area contributed by atoms with Crippen molar-refractivity contribution in [3.8, 4) is 5.75 Å². The van der Waals surface area contributed by atoms with E-state index in [2.05, 4.69) is 106 Å². The fourth-order valence-electron chi connectivity index (χ4n) is 6.53. The van der Waals surface area contributed by atoms with E-state index in [0.29, 0.717) is 12.1 Å². The van der Waals surface area contributed by atoms with Gasteiger partial charge in [0.05, 0.1) is 17.7 Å². The Morgan fingerprint density at radius 3 is 1.83 bits per heavy atom. The number of hydrogen-bond donors (Lipinski definition) is 2. The molecule has 1 heterocycles. The molecule has 0 amide bonds. The van der Waals surface area contributed by atoms with Gasteiger partial charge >= 0.3 is 0 Å². The predicted octanol–water partition coefficient (Wildman–Crippen LogP) is 6.83. The molecule has 1 unspecified atom stereocenters. The predicted molar refractivity (Wildman–Crippen MR) is 185 cm³/mol. The van der Waals surface area contributed by atoms with Crippen molar-refractivity contribution in [1.82, 2.24) is 4.90 Å². The molecule has 0 aliphatic carbocycles. The highest BCUT2D eigenvalue weighted by atomic mass is 16.6. The summed E-state index contributed by atoms with van der Waals surface area (Å²) in [7, 11) is 1.71. The molecule has 0 bridgehead atoms. The minimum atomic E-state index is -0.644. The summed E-state index contributed by atoms with van der Waals surface area (Å²) >= 11 is 0. The molecule has 1 aliphatic rings. The molecule has 1 fully saturated rings. The molecule has 0 aromatic heterocycles. The van der Waals surface area contributed by atoms with Crippen molar-refractivity contribution in [3.63, 3.8) is 0 Å². The Balaban J connectivity index is 1.24. The molecule has 1 aliphatic heterocycles. The van der Waals surface area contributed by atoms with Gasteiger partial charge < -0.3 is 20.7 Å². The fourth-order valence-corrected chi connectivity index (χ4v) is 6.53. The Hall–Kier alpha value is -5.18. The van der Waals surface area contributed by atoms with Crippen molar-refractivity contribution in [2.45, 2.75) is 11.6 Å². The van der Waals surface area contributed by atoms with E-state index in [9.17, 15) is 10.1 Å². The summed E-state index contributed by atoms with van der Waals surface area (Å²) in [5.74, 6) is 0.790. The molecular formula is C38H39N5O3. The van der Waals surface area contributed by atoms with E-state index in [1.807, 2.05) is 18.2 Å². The first-order chi connectivity index (χ1) is 22.5. The molecule has 1 saturated heterocycles. The van der Waals surface area contributed by atoms with Crippen LogP contribution >= 0.6 is 0 Å². The third-order valence-electron chi connectivity index (χ3n) is 8.83. The van der Waals surface area contributed by atoms with E-state index in [0.717, 1.165) is 60.0 Å². The first kappa shape index (κ1) is 30.8. The third-order valence-corrected chi connectivity index (χ3v) is 8.83. The van der Waals surface area contributed by atoms with Crippen LogP contribution < -0.4 is 20.7 Å². The number of benzene rings is 5. The second kappa shape index (κ2) is 13.9. The number of hydrogen-bond acceptors (Lipinski definition) is 7. The summed E-state index contributed by atoms with van der Waals surface area (Å²) < 4.78 is 5.98. The number of nitrogens with two attached hydrogens (primary N) is 1. The van der Waals surface area contributed by atoms with Crippen molar-refractivity contribution in [3.05, 3.63) is 166 Å². The van der Waals surface area contributed by atoms with Crippen molar-refractivity contribution < 1.29 is 9.66 Å². The summed E-state index contributed by atoms with van der Waals surface area (Å²) in [6.45, 7) is 3.70. The molecule has 8 heteroatoms. The lowest BCUT2D eigenvalue weighted by atomic mass is 9.77. The summed E-state index contributed by atoms with van der Waals surface area (Å²) in [6, 6.07) is 44.2. The number of anilines is 2. The van der Waals surface area contributed by atoms with Crippen LogP contribution in [0.15, 0.2) is 133 Å². The van der Waals surface area contributed by atoms with E-state index in [-0.39, 0.29) is 10.6 Å². The van der Waals surface area contributed by atoms with Crippen LogP contribution in [0.2, 0.25) is 0 Å². The standard InChI is InChI=1S/C38H39N5O3/c1-46-37-27-32(40-38(29-13-5-2-6-14-29,30-15-7-3-8-16-30)31-17-9-4-10-18-31)21-22-36(37)42-25-23-41(24-26-42)28-34(39)33-19-11-12-20-35(33)43(44)45/h2-22,27,34,40H,23-26,28,39H2,1H3. The molecule has 5 aromatic carbocycles. The minimum absolute atomic E-state index is 0.0721. The SMILES string of the molecule is COc1cc(NC(c2ccccc2)(c2ccccc2)c2ccccc2)ccc1N1CCN(CC(N)c2ccccc2[N+](=O)[O-])CC1. The molecule has 8 nitrogen and oxygen atoms in total. The van der Waals surface area contributed by atoms with Crippen LogP contribution in [0.1, 0.15) is 28.3 Å². The maximum atomic E-state index is 11.5. The Bertz CT molecular complexity index is 1650. The summed E-state index contributed by atoms with van der Waals surface area (Å²) in [4.78, 5) is 15.7. The van der Waals surface area contributed by atoms with Gasteiger partial charge in [-0.3, -0.25) is 15.0 Å². The van der Waals surface area contributed by atoms with E-state index in [1.54, 1.807) is 25.3 Å². The van der Waals surface area contributed by atoms with Crippen LogP contribution in [-0.4, -0.2) is 49.7 Å². The lowest BCUT2D eigenvalue weighted by Crippen LogP contribution is -2.48. The number of methoxy groups -OCH3 is 1. The van der Waals surface area contributed by atoms with Crippen LogP contribution in [0.3, 0.4) is 0 Å². The molecule has 0 saturated carbocycles. The van der Waals surface area contributed by atoms with Crippen molar-refractivity contribution in [2.24, 2.45) is 5.73 Å². The highest BCUT2D eigenvalue weighted by Crippen LogP contribution is 2.42. The van der Waals surface area contributed by atoms with Crippen LogP contribution in [0.5, 0.6) is 5.75 Å². The zero-order valence-electron chi connectivity index (χ0n) is 26.0. The molecule has 234 valence electrons. The number of nitro groups is 1. The average molecular weight is 614 g/mol. The van der Waals surface area contributed by atoms with Crippen LogP contribution in [0, 0.1) is 10.1 Å². The largest absolute Gasteiger partial charge is 0.495 e. The van der Waals surface area contributed by atoms with Gasteiger partial charge in [0.25, 0.3) is 5.69 Å². The van der Waals surface area contributed by atoms with E-state index in [4.69, 9.17) is 10.5 Å². The van der Waals surface area contributed by atoms with Gasteiger partial charge in [-0.2, -0.15) is 0 Å². The lowest BCUT2D eigenvalue weighted by Gasteiger charge is -2.39. The maximum Gasteiger partial charge on any atom is 0.274 e. The number of para-hydroxylation sites is 1. The highest BCUT2D eigenvalue weighted by Gasteiger charge is 2.36. The molecule has 5 aromatic rings. The van der Waals surface area contributed by atoms with Crippen LogP contribution in [0.4, 0.5) is 17.1 Å². The number of ether oxygens (including phenoxy) is 1. The topological polar surface area (TPSA) is 96.9 Å². The Kier molecular flexibility index (Phi) is 9.28. The van der Waals surface area contributed by atoms with Gasteiger partial charge in [0.15, 0.2) is 0 Å². The molecule has 6 rings (SSSR count). The average Bonchev–Trinajstić information content (AvgIpc) is 3.12. The second-order valence-electron chi connectivity index (χ2n) is 11.6. The summed E-state index contributed by atoms with van der Waals surface area (Å²) in [5, 5.41) is 15.4. The lowest BCUT2D eigenvalue weighted by molar-refractivity contribution is -0.385. The zero-order valence-corrected chi connectivity index (χ0v) is 26.0. The number of rotatable bonds is 11. The molecule has 1 atom stereocenters. The van der Waals surface area contributed by atoms with Gasteiger partial charge in [-0.15, -0.1) is 0 Å². The highest BCUT2D eigenvalue weighted by molar-refractivity contribution is 5.68. The summed E-state index contributed by atoms with van der Waals surface area (Å²) in [5.41, 5.74) is 11.8. The summed E-state index contributed by atoms with van der Waals surface area (Å²) in [6.07, 6.45) is 0. The van der Waals surface area contributed by atoms with Gasteiger partial charge in [-0.1, -0.05) is 109 Å². The Morgan fingerprint density at radius 2 is 1.30 bits per heavy atom. The van der Waals surface area contributed by atoms with Crippen molar-refractivity contribution in [2.75, 3.05) is 50.1 Å². The van der Waals surface area contributed by atoms with Gasteiger partial charge in [-0.05, 0) is 28.8 Å². The minimum Gasteiger partial charge on any atom is -0.495 e. The number of nitrogens with one attached hydrogen (secondary N) is 1. The van der Waals surface area contributed by atoms with Gasteiger partial charge in [0.2, 0.25) is 0 Å². The van der Waals surface area contributed by atoms with Gasteiger partial charge in [-0.25, -0.2) is 0 Å². The van der Waals surface area contributed by atoms with Crippen molar-refractivity contribution in [1.29, 1.82) is 0 Å².